The van der Waals surface area contributed by atoms with Crippen molar-refractivity contribution in [2.24, 2.45) is 0 Å². The molecule has 0 fully saturated rings. The van der Waals surface area contributed by atoms with Crippen molar-refractivity contribution in [1.82, 2.24) is 20.5 Å². The van der Waals surface area contributed by atoms with Crippen LogP contribution in [0.2, 0.25) is 0 Å². The van der Waals surface area contributed by atoms with E-state index in [0.29, 0.717) is 5.82 Å². The quantitative estimate of drug-likeness (QED) is 0.823. The second-order valence-corrected chi connectivity index (χ2v) is 6.65. The molecule has 8 heteroatoms. The number of hydrogen-bond acceptors (Lipinski definition) is 5. The summed E-state index contributed by atoms with van der Waals surface area (Å²) < 4.78 is 24.1. The Morgan fingerprint density at radius 1 is 1.33 bits per heavy atom. The molecule has 0 saturated heterocycles. The van der Waals surface area contributed by atoms with Crippen LogP contribution in [0, 0.1) is 0 Å². The molecule has 0 spiro atoms. The molecule has 0 aliphatic rings. The van der Waals surface area contributed by atoms with Crippen molar-refractivity contribution in [3.8, 4) is 0 Å². The molecule has 0 aliphatic heterocycles. The average molecular weight is 308 g/mol. The summed E-state index contributed by atoms with van der Waals surface area (Å²) in [6.45, 7) is 1.74. The SMILES string of the molecule is CC(NC(=O)CCS(=O)(=O)c1ccccc1)c1ncn[nH]1. The molecule has 1 aromatic carbocycles. The lowest BCUT2D eigenvalue weighted by atomic mass is 10.3. The standard InChI is InChI=1S/C13H16N4O3S/c1-10(13-14-9-15-17-13)16-12(18)7-8-21(19,20)11-5-3-2-4-6-11/h2-6,9-10H,7-8H2,1H3,(H,16,18)(H,14,15,17). The van der Waals surface area contributed by atoms with Gasteiger partial charge in [0.1, 0.15) is 12.2 Å². The second kappa shape index (κ2) is 6.49. The Kier molecular flexibility index (Phi) is 4.69. The van der Waals surface area contributed by atoms with Crippen LogP contribution in [0.3, 0.4) is 0 Å². The number of sulfone groups is 1. The van der Waals surface area contributed by atoms with Gasteiger partial charge in [0, 0.05) is 6.42 Å². The van der Waals surface area contributed by atoms with E-state index in [1.54, 1.807) is 25.1 Å². The van der Waals surface area contributed by atoms with Crippen molar-refractivity contribution in [3.63, 3.8) is 0 Å². The Hall–Kier alpha value is -2.22. The lowest BCUT2D eigenvalue weighted by Gasteiger charge is -2.11. The number of H-pyrrole nitrogens is 1. The van der Waals surface area contributed by atoms with Crippen LogP contribution < -0.4 is 5.32 Å². The number of nitrogens with zero attached hydrogens (tertiary/aromatic N) is 2. The van der Waals surface area contributed by atoms with Gasteiger partial charge in [-0.05, 0) is 19.1 Å². The van der Waals surface area contributed by atoms with Crippen molar-refractivity contribution in [2.75, 3.05) is 5.75 Å². The topological polar surface area (TPSA) is 105 Å². The van der Waals surface area contributed by atoms with Crippen molar-refractivity contribution in [3.05, 3.63) is 42.5 Å². The summed E-state index contributed by atoms with van der Waals surface area (Å²) in [6.07, 6.45) is 1.24. The van der Waals surface area contributed by atoms with E-state index in [1.807, 2.05) is 0 Å². The number of carbonyl (C=O) groups excluding carboxylic acids is 1. The van der Waals surface area contributed by atoms with E-state index < -0.39 is 9.84 Å². The fourth-order valence-electron chi connectivity index (χ4n) is 1.78. The maximum absolute atomic E-state index is 12.0. The number of aromatic amines is 1. The molecule has 0 radical (unpaired) electrons. The number of amides is 1. The number of rotatable bonds is 6. The van der Waals surface area contributed by atoms with Crippen LogP contribution in [0.25, 0.3) is 0 Å². The van der Waals surface area contributed by atoms with Crippen LogP contribution >= 0.6 is 0 Å². The van der Waals surface area contributed by atoms with E-state index in [9.17, 15) is 13.2 Å². The van der Waals surface area contributed by atoms with Gasteiger partial charge in [0.15, 0.2) is 9.84 Å². The lowest BCUT2D eigenvalue weighted by molar-refractivity contribution is -0.121. The summed E-state index contributed by atoms with van der Waals surface area (Å²) in [5.74, 6) is -0.0564. The zero-order valence-corrected chi connectivity index (χ0v) is 12.3. The van der Waals surface area contributed by atoms with E-state index in [-0.39, 0.29) is 29.0 Å². The summed E-state index contributed by atoms with van der Waals surface area (Å²) in [4.78, 5) is 15.9. The minimum absolute atomic E-state index is 0.101. The smallest absolute Gasteiger partial charge is 0.221 e. The largest absolute Gasteiger partial charge is 0.346 e. The monoisotopic (exact) mass is 308 g/mol. The van der Waals surface area contributed by atoms with E-state index >= 15 is 0 Å². The van der Waals surface area contributed by atoms with Gasteiger partial charge in [0.25, 0.3) is 0 Å². The van der Waals surface area contributed by atoms with Gasteiger partial charge in [-0.1, -0.05) is 18.2 Å². The van der Waals surface area contributed by atoms with Gasteiger partial charge in [-0.25, -0.2) is 13.4 Å². The first-order valence-electron chi connectivity index (χ1n) is 6.41. The van der Waals surface area contributed by atoms with Crippen LogP contribution in [0.4, 0.5) is 0 Å². The summed E-state index contributed by atoms with van der Waals surface area (Å²) >= 11 is 0. The van der Waals surface area contributed by atoms with E-state index in [2.05, 4.69) is 20.5 Å². The first-order chi connectivity index (χ1) is 9.99. The van der Waals surface area contributed by atoms with E-state index in [0.717, 1.165) is 0 Å². The molecule has 7 nitrogen and oxygen atoms in total. The fraction of sp³-hybridized carbons (Fsp3) is 0.308. The predicted molar refractivity (Wildman–Crippen MR) is 76.1 cm³/mol. The molecule has 0 bridgehead atoms. The number of benzene rings is 1. The van der Waals surface area contributed by atoms with Gasteiger partial charge in [-0.3, -0.25) is 9.89 Å². The van der Waals surface area contributed by atoms with Gasteiger partial charge in [-0.15, -0.1) is 0 Å². The molecular formula is C13H16N4O3S. The maximum Gasteiger partial charge on any atom is 0.221 e. The Morgan fingerprint density at radius 3 is 2.67 bits per heavy atom. The highest BCUT2D eigenvalue weighted by atomic mass is 32.2. The van der Waals surface area contributed by atoms with Gasteiger partial charge >= 0.3 is 0 Å². The van der Waals surface area contributed by atoms with Crippen LogP contribution in [0.1, 0.15) is 25.2 Å². The number of hydrogen-bond donors (Lipinski definition) is 2. The number of carbonyl (C=O) groups is 1. The Bertz CT molecular complexity index is 683. The molecule has 2 aromatic rings. The van der Waals surface area contributed by atoms with Crippen molar-refractivity contribution < 1.29 is 13.2 Å². The van der Waals surface area contributed by atoms with Crippen molar-refractivity contribution in [1.29, 1.82) is 0 Å². The highest BCUT2D eigenvalue weighted by Gasteiger charge is 2.18. The Morgan fingerprint density at radius 2 is 2.05 bits per heavy atom. The van der Waals surface area contributed by atoms with E-state index in [1.165, 1.54) is 18.5 Å². The average Bonchev–Trinajstić information content (AvgIpc) is 3.00. The van der Waals surface area contributed by atoms with Crippen LogP contribution in [0.15, 0.2) is 41.6 Å². The van der Waals surface area contributed by atoms with Crippen molar-refractivity contribution >= 4 is 15.7 Å². The van der Waals surface area contributed by atoms with Crippen LogP contribution in [0.5, 0.6) is 0 Å². The Balaban J connectivity index is 1.89. The molecule has 2 rings (SSSR count). The van der Waals surface area contributed by atoms with Gasteiger partial charge in [-0.2, -0.15) is 5.10 Å². The number of nitrogens with one attached hydrogen (secondary N) is 2. The molecular weight excluding hydrogens is 292 g/mol. The fourth-order valence-corrected chi connectivity index (χ4v) is 3.04. The van der Waals surface area contributed by atoms with Crippen LogP contribution in [-0.4, -0.2) is 35.3 Å². The maximum atomic E-state index is 12.0. The lowest BCUT2D eigenvalue weighted by Crippen LogP contribution is -2.29. The zero-order valence-electron chi connectivity index (χ0n) is 11.5. The van der Waals surface area contributed by atoms with Crippen molar-refractivity contribution in [2.45, 2.75) is 24.3 Å². The molecule has 112 valence electrons. The normalized spacial score (nSPS) is 12.8. The molecule has 1 amide bonds. The molecule has 0 aliphatic carbocycles. The highest BCUT2D eigenvalue weighted by Crippen LogP contribution is 2.11. The highest BCUT2D eigenvalue weighted by molar-refractivity contribution is 7.91. The molecule has 1 unspecified atom stereocenters. The predicted octanol–water partition coefficient (Wildman–Crippen LogP) is 0.846. The number of aromatic nitrogens is 3. The minimum atomic E-state index is -3.44. The first-order valence-corrected chi connectivity index (χ1v) is 8.07. The first kappa shape index (κ1) is 15.2. The van der Waals surface area contributed by atoms with E-state index in [4.69, 9.17) is 0 Å². The summed E-state index contributed by atoms with van der Waals surface area (Å²) in [5, 5.41) is 9.01. The Labute approximate surface area is 122 Å². The third kappa shape index (κ3) is 4.12. The summed E-state index contributed by atoms with van der Waals surface area (Å²) in [6, 6.07) is 7.73. The minimum Gasteiger partial charge on any atom is -0.346 e. The molecule has 1 heterocycles. The molecule has 21 heavy (non-hydrogen) atoms. The van der Waals surface area contributed by atoms with Crippen LogP contribution in [-0.2, 0) is 14.6 Å². The molecule has 2 N–H and O–H groups in total. The van der Waals surface area contributed by atoms with Gasteiger partial charge in [0.2, 0.25) is 5.91 Å². The second-order valence-electron chi connectivity index (χ2n) is 4.54. The molecule has 1 aromatic heterocycles. The zero-order chi connectivity index (χ0) is 15.3. The summed E-state index contributed by atoms with van der Waals surface area (Å²) in [7, 11) is -3.44. The van der Waals surface area contributed by atoms with Gasteiger partial charge in [0.05, 0.1) is 16.7 Å². The third-order valence-corrected chi connectivity index (χ3v) is 4.65. The third-order valence-electron chi connectivity index (χ3n) is 2.92. The summed E-state index contributed by atoms with van der Waals surface area (Å²) in [5.41, 5.74) is 0. The molecule has 0 saturated carbocycles. The van der Waals surface area contributed by atoms with Gasteiger partial charge < -0.3 is 5.32 Å². The molecule has 1 atom stereocenters.